The van der Waals surface area contributed by atoms with Crippen LogP contribution in [0.3, 0.4) is 0 Å². The molecule has 1 fully saturated rings. The van der Waals surface area contributed by atoms with E-state index in [0.717, 1.165) is 32.0 Å². The Kier molecular flexibility index (Phi) is 3.56. The van der Waals surface area contributed by atoms with Gasteiger partial charge in [0.2, 0.25) is 0 Å². The highest BCUT2D eigenvalue weighted by atomic mass is 15.4. The number of likely N-dealkylation sites (N-methyl/N-ethyl adjacent to an activating group) is 1. The fraction of sp³-hybridized carbons (Fsp3) is 0.818. The summed E-state index contributed by atoms with van der Waals surface area (Å²) in [6.07, 6.45) is 1.65. The summed E-state index contributed by atoms with van der Waals surface area (Å²) in [6, 6.07) is 1.05. The third kappa shape index (κ3) is 2.25. The Morgan fingerprint density at radius 3 is 2.81 bits per heavy atom. The second-order valence-electron chi connectivity index (χ2n) is 4.59. The summed E-state index contributed by atoms with van der Waals surface area (Å²) in [5.41, 5.74) is 0. The standard InChI is InChI=1S/C11H21N5/c1-4-15(10-5-12-6-10)7-11-13-8-14-16(11)9(2)3/h8-10,12H,4-7H2,1-3H3. The first kappa shape index (κ1) is 11.5. The quantitative estimate of drug-likeness (QED) is 0.796. The van der Waals surface area contributed by atoms with Crippen molar-refractivity contribution in [2.24, 2.45) is 0 Å². The first-order valence-electron chi connectivity index (χ1n) is 6.05. The number of nitrogens with zero attached hydrogens (tertiary/aromatic N) is 4. The molecule has 5 heteroatoms. The average molecular weight is 223 g/mol. The summed E-state index contributed by atoms with van der Waals surface area (Å²) in [5.74, 6) is 1.07. The van der Waals surface area contributed by atoms with E-state index in [1.807, 2.05) is 4.68 Å². The van der Waals surface area contributed by atoms with Crippen LogP contribution >= 0.6 is 0 Å². The zero-order valence-corrected chi connectivity index (χ0v) is 10.3. The predicted molar refractivity (Wildman–Crippen MR) is 63.1 cm³/mol. The van der Waals surface area contributed by atoms with Gasteiger partial charge < -0.3 is 5.32 Å². The third-order valence-corrected chi connectivity index (χ3v) is 3.16. The van der Waals surface area contributed by atoms with Gasteiger partial charge in [-0.05, 0) is 20.4 Å². The van der Waals surface area contributed by atoms with E-state index in [9.17, 15) is 0 Å². The Hall–Kier alpha value is -0.940. The van der Waals surface area contributed by atoms with Crippen molar-refractivity contribution in [2.75, 3.05) is 19.6 Å². The molecule has 0 spiro atoms. The Bertz CT molecular complexity index is 329. The highest BCUT2D eigenvalue weighted by molar-refractivity contribution is 4.91. The molecular weight excluding hydrogens is 202 g/mol. The van der Waals surface area contributed by atoms with Crippen LogP contribution in [0.15, 0.2) is 6.33 Å². The summed E-state index contributed by atoms with van der Waals surface area (Å²) >= 11 is 0. The second-order valence-corrected chi connectivity index (χ2v) is 4.59. The van der Waals surface area contributed by atoms with Crippen molar-refractivity contribution in [3.05, 3.63) is 12.2 Å². The smallest absolute Gasteiger partial charge is 0.141 e. The molecule has 0 radical (unpaired) electrons. The SMILES string of the molecule is CCN(Cc1ncnn1C(C)C)C1CNC1. The maximum atomic E-state index is 4.36. The molecule has 0 saturated carbocycles. The van der Waals surface area contributed by atoms with Crippen LogP contribution in [0, 0.1) is 0 Å². The summed E-state index contributed by atoms with van der Waals surface area (Å²) < 4.78 is 2.01. The van der Waals surface area contributed by atoms with Gasteiger partial charge in [-0.1, -0.05) is 6.92 Å². The van der Waals surface area contributed by atoms with E-state index in [1.165, 1.54) is 0 Å². The summed E-state index contributed by atoms with van der Waals surface area (Å²) in [6.45, 7) is 10.7. The van der Waals surface area contributed by atoms with Gasteiger partial charge in [-0.2, -0.15) is 5.10 Å². The van der Waals surface area contributed by atoms with E-state index in [-0.39, 0.29) is 0 Å². The molecule has 0 aliphatic carbocycles. The molecule has 2 heterocycles. The van der Waals surface area contributed by atoms with Gasteiger partial charge in [-0.15, -0.1) is 0 Å². The van der Waals surface area contributed by atoms with Gasteiger partial charge in [0, 0.05) is 25.2 Å². The third-order valence-electron chi connectivity index (χ3n) is 3.16. The number of hydrogen-bond acceptors (Lipinski definition) is 4. The minimum Gasteiger partial charge on any atom is -0.314 e. The molecule has 2 rings (SSSR count). The molecule has 1 aromatic heterocycles. The number of nitrogens with one attached hydrogen (secondary N) is 1. The lowest BCUT2D eigenvalue weighted by Gasteiger charge is -2.37. The van der Waals surface area contributed by atoms with E-state index in [4.69, 9.17) is 0 Å². The van der Waals surface area contributed by atoms with Crippen molar-refractivity contribution < 1.29 is 0 Å². The zero-order chi connectivity index (χ0) is 11.5. The summed E-state index contributed by atoms with van der Waals surface area (Å²) in [7, 11) is 0. The molecule has 0 aromatic carbocycles. The molecule has 1 aliphatic heterocycles. The molecular formula is C11H21N5. The number of hydrogen-bond donors (Lipinski definition) is 1. The first-order chi connectivity index (χ1) is 7.72. The van der Waals surface area contributed by atoms with E-state index < -0.39 is 0 Å². The first-order valence-corrected chi connectivity index (χ1v) is 6.05. The van der Waals surface area contributed by atoms with Crippen LogP contribution in [0.4, 0.5) is 0 Å². The van der Waals surface area contributed by atoms with E-state index >= 15 is 0 Å². The topological polar surface area (TPSA) is 46.0 Å². The molecule has 1 aliphatic rings. The van der Waals surface area contributed by atoms with Crippen molar-refractivity contribution in [2.45, 2.75) is 39.4 Å². The molecule has 90 valence electrons. The lowest BCUT2D eigenvalue weighted by molar-refractivity contribution is 0.139. The van der Waals surface area contributed by atoms with Crippen LogP contribution in [0.1, 0.15) is 32.6 Å². The Balaban J connectivity index is 2.03. The van der Waals surface area contributed by atoms with E-state index in [1.54, 1.807) is 6.33 Å². The molecule has 0 amide bonds. The van der Waals surface area contributed by atoms with Crippen LogP contribution < -0.4 is 5.32 Å². The largest absolute Gasteiger partial charge is 0.314 e. The summed E-state index contributed by atoms with van der Waals surface area (Å²) in [4.78, 5) is 6.81. The van der Waals surface area contributed by atoms with E-state index in [0.29, 0.717) is 12.1 Å². The normalized spacial score (nSPS) is 17.1. The number of aromatic nitrogens is 3. The lowest BCUT2D eigenvalue weighted by atomic mass is 10.1. The second kappa shape index (κ2) is 4.93. The maximum absolute atomic E-state index is 4.36. The fourth-order valence-electron chi connectivity index (χ4n) is 2.03. The molecule has 1 saturated heterocycles. The number of rotatable bonds is 5. The van der Waals surface area contributed by atoms with Crippen LogP contribution in [-0.4, -0.2) is 45.3 Å². The predicted octanol–water partition coefficient (Wildman–Crippen LogP) is 0.653. The minimum atomic E-state index is 0.385. The maximum Gasteiger partial charge on any atom is 0.141 e. The van der Waals surface area contributed by atoms with Gasteiger partial charge in [0.25, 0.3) is 0 Å². The van der Waals surface area contributed by atoms with Crippen LogP contribution in [-0.2, 0) is 6.54 Å². The lowest BCUT2D eigenvalue weighted by Crippen LogP contribution is -2.56. The van der Waals surface area contributed by atoms with Crippen molar-refractivity contribution in [1.29, 1.82) is 0 Å². The van der Waals surface area contributed by atoms with Gasteiger partial charge in [0.15, 0.2) is 0 Å². The van der Waals surface area contributed by atoms with Crippen LogP contribution in [0.5, 0.6) is 0 Å². The molecule has 0 atom stereocenters. The van der Waals surface area contributed by atoms with Gasteiger partial charge >= 0.3 is 0 Å². The highest BCUT2D eigenvalue weighted by Gasteiger charge is 2.24. The molecule has 0 bridgehead atoms. The molecule has 1 N–H and O–H groups in total. The molecule has 16 heavy (non-hydrogen) atoms. The fourth-order valence-corrected chi connectivity index (χ4v) is 2.03. The molecule has 5 nitrogen and oxygen atoms in total. The van der Waals surface area contributed by atoms with Crippen LogP contribution in [0.2, 0.25) is 0 Å². The van der Waals surface area contributed by atoms with Crippen molar-refractivity contribution in [3.8, 4) is 0 Å². The van der Waals surface area contributed by atoms with Gasteiger partial charge in [-0.25, -0.2) is 9.67 Å². The highest BCUT2D eigenvalue weighted by Crippen LogP contribution is 2.12. The van der Waals surface area contributed by atoms with Crippen molar-refractivity contribution >= 4 is 0 Å². The average Bonchev–Trinajstić information content (AvgIpc) is 2.62. The van der Waals surface area contributed by atoms with Gasteiger partial charge in [-0.3, -0.25) is 4.90 Å². The van der Waals surface area contributed by atoms with Crippen molar-refractivity contribution in [3.63, 3.8) is 0 Å². The van der Waals surface area contributed by atoms with Gasteiger partial charge in [0.05, 0.1) is 6.54 Å². The monoisotopic (exact) mass is 223 g/mol. The Morgan fingerprint density at radius 2 is 2.31 bits per heavy atom. The minimum absolute atomic E-state index is 0.385. The molecule has 0 unspecified atom stereocenters. The van der Waals surface area contributed by atoms with Gasteiger partial charge in [0.1, 0.15) is 12.2 Å². The van der Waals surface area contributed by atoms with Crippen molar-refractivity contribution in [1.82, 2.24) is 25.0 Å². The van der Waals surface area contributed by atoms with Crippen LogP contribution in [0.25, 0.3) is 0 Å². The Labute approximate surface area is 96.8 Å². The molecule has 1 aromatic rings. The van der Waals surface area contributed by atoms with E-state index in [2.05, 4.69) is 41.1 Å². The zero-order valence-electron chi connectivity index (χ0n) is 10.3. The summed E-state index contributed by atoms with van der Waals surface area (Å²) in [5, 5.41) is 7.58. The Morgan fingerprint density at radius 1 is 1.56 bits per heavy atom.